The van der Waals surface area contributed by atoms with E-state index in [2.05, 4.69) is 16.4 Å². The summed E-state index contributed by atoms with van der Waals surface area (Å²) >= 11 is 1.32. The lowest BCUT2D eigenvalue weighted by molar-refractivity contribution is -0.138. The summed E-state index contributed by atoms with van der Waals surface area (Å²) in [6.45, 7) is 1.81. The van der Waals surface area contributed by atoms with E-state index in [-0.39, 0.29) is 11.7 Å². The highest BCUT2D eigenvalue weighted by molar-refractivity contribution is 7.14. The molecular weight excluding hydrogens is 362 g/mol. The second kappa shape index (κ2) is 7.89. The van der Waals surface area contributed by atoms with Gasteiger partial charge in [0, 0.05) is 16.9 Å². The summed E-state index contributed by atoms with van der Waals surface area (Å²) < 4.78 is 0. The van der Waals surface area contributed by atoms with Crippen LogP contribution < -0.4 is 5.32 Å². The van der Waals surface area contributed by atoms with Crippen molar-refractivity contribution in [1.82, 2.24) is 4.98 Å². The largest absolute Gasteiger partial charge is 0.508 e. The summed E-state index contributed by atoms with van der Waals surface area (Å²) in [6, 6.07) is 14.8. The molecule has 3 N–H and O–H groups in total. The van der Waals surface area contributed by atoms with Crippen LogP contribution in [0.4, 0.5) is 5.13 Å². The maximum atomic E-state index is 11.8. The molecule has 1 heterocycles. The van der Waals surface area contributed by atoms with Crippen LogP contribution in [0.3, 0.4) is 0 Å². The predicted molar refractivity (Wildman–Crippen MR) is 104 cm³/mol. The number of anilines is 1. The Hall–Kier alpha value is -3.37. The number of aromatic nitrogens is 1. The molecule has 2 atom stereocenters. The molecule has 3 aromatic rings. The van der Waals surface area contributed by atoms with Crippen LogP contribution in [0.25, 0.3) is 11.3 Å². The fourth-order valence-corrected chi connectivity index (χ4v) is 3.45. The summed E-state index contributed by atoms with van der Waals surface area (Å²) in [7, 11) is 0. The number of aromatic hydroxyl groups is 1. The molecule has 2 aromatic carbocycles. The van der Waals surface area contributed by atoms with Gasteiger partial charge in [-0.2, -0.15) is 5.26 Å². The summed E-state index contributed by atoms with van der Waals surface area (Å²) in [5.74, 6) is -1.17. The third-order valence-corrected chi connectivity index (χ3v) is 5.05. The predicted octanol–water partition coefficient (Wildman–Crippen LogP) is 4.06. The highest BCUT2D eigenvalue weighted by atomic mass is 32.1. The molecule has 0 spiro atoms. The van der Waals surface area contributed by atoms with Gasteiger partial charge in [-0.05, 0) is 29.8 Å². The first-order valence-corrected chi connectivity index (χ1v) is 9.10. The van der Waals surface area contributed by atoms with Crippen LogP contribution >= 0.6 is 11.3 Å². The van der Waals surface area contributed by atoms with E-state index in [9.17, 15) is 15.0 Å². The molecule has 0 aliphatic heterocycles. The quantitative estimate of drug-likeness (QED) is 0.596. The third kappa shape index (κ3) is 4.25. The zero-order valence-corrected chi connectivity index (χ0v) is 15.3. The van der Waals surface area contributed by atoms with E-state index in [0.29, 0.717) is 16.4 Å². The average Bonchev–Trinajstić information content (AvgIpc) is 3.15. The number of phenols is 1. The molecule has 1 unspecified atom stereocenters. The number of aliphatic carboxylic acids is 1. The molecule has 0 amide bonds. The standard InChI is InChI=1S/C20H17N3O3S/c1-12(14-6-8-16(24)9-7-14)18(19(25)26)23-20-22-17(11-27-20)15-4-2-13(10-21)3-5-15/h2-9,11-12,18,24H,1H3,(H,22,23)(H,25,26)/t12?,18-/m0/s1. The number of nitrogens with one attached hydrogen (secondary N) is 1. The number of benzene rings is 2. The molecule has 3 rings (SSSR count). The Kier molecular flexibility index (Phi) is 5.38. The molecule has 1 aromatic heterocycles. The normalized spacial score (nSPS) is 12.7. The fourth-order valence-electron chi connectivity index (χ4n) is 2.69. The maximum Gasteiger partial charge on any atom is 0.326 e. The number of rotatable bonds is 6. The summed E-state index contributed by atoms with van der Waals surface area (Å²) in [6.07, 6.45) is 0. The second-order valence-electron chi connectivity index (χ2n) is 6.07. The van der Waals surface area contributed by atoms with E-state index in [1.807, 2.05) is 24.4 Å². The molecule has 0 saturated carbocycles. The molecule has 6 nitrogen and oxygen atoms in total. The van der Waals surface area contributed by atoms with Gasteiger partial charge in [-0.15, -0.1) is 11.3 Å². The Labute approximate surface area is 160 Å². The van der Waals surface area contributed by atoms with Crippen LogP contribution in [0, 0.1) is 11.3 Å². The van der Waals surface area contributed by atoms with Gasteiger partial charge >= 0.3 is 5.97 Å². The van der Waals surface area contributed by atoms with Gasteiger partial charge in [0.2, 0.25) is 0 Å². The van der Waals surface area contributed by atoms with Crippen molar-refractivity contribution in [3.05, 3.63) is 65.0 Å². The molecule has 27 heavy (non-hydrogen) atoms. The minimum absolute atomic E-state index is 0.137. The lowest BCUT2D eigenvalue weighted by Crippen LogP contribution is -2.34. The number of hydrogen-bond donors (Lipinski definition) is 3. The maximum absolute atomic E-state index is 11.8. The Morgan fingerprint density at radius 2 is 1.85 bits per heavy atom. The highest BCUT2D eigenvalue weighted by Crippen LogP contribution is 2.29. The summed E-state index contributed by atoms with van der Waals surface area (Å²) in [4.78, 5) is 16.2. The molecule has 0 aliphatic rings. The van der Waals surface area contributed by atoms with Crippen LogP contribution in [0.15, 0.2) is 53.9 Å². The van der Waals surface area contributed by atoms with Crippen molar-refractivity contribution < 1.29 is 15.0 Å². The van der Waals surface area contributed by atoms with Crippen molar-refractivity contribution in [1.29, 1.82) is 5.26 Å². The Morgan fingerprint density at radius 1 is 1.19 bits per heavy atom. The number of carboxylic acids is 1. The number of hydrogen-bond acceptors (Lipinski definition) is 6. The van der Waals surface area contributed by atoms with E-state index in [4.69, 9.17) is 5.26 Å². The Bertz CT molecular complexity index is 975. The van der Waals surface area contributed by atoms with Crippen molar-refractivity contribution in [2.45, 2.75) is 18.9 Å². The Morgan fingerprint density at radius 3 is 2.44 bits per heavy atom. The van der Waals surface area contributed by atoms with Crippen LogP contribution in [-0.2, 0) is 4.79 Å². The van der Waals surface area contributed by atoms with Gasteiger partial charge in [-0.3, -0.25) is 0 Å². The zero-order valence-electron chi connectivity index (χ0n) is 14.5. The number of carboxylic acid groups (broad SMARTS) is 1. The molecule has 0 radical (unpaired) electrons. The van der Waals surface area contributed by atoms with Gasteiger partial charge in [0.1, 0.15) is 11.8 Å². The van der Waals surface area contributed by atoms with Gasteiger partial charge in [0.15, 0.2) is 5.13 Å². The molecule has 0 aliphatic carbocycles. The number of carbonyl (C=O) groups is 1. The highest BCUT2D eigenvalue weighted by Gasteiger charge is 2.27. The fraction of sp³-hybridized carbons (Fsp3) is 0.150. The van der Waals surface area contributed by atoms with Crippen molar-refractivity contribution in [2.24, 2.45) is 0 Å². The molecular formula is C20H17N3O3S. The van der Waals surface area contributed by atoms with Gasteiger partial charge in [-0.25, -0.2) is 9.78 Å². The minimum Gasteiger partial charge on any atom is -0.508 e. The van der Waals surface area contributed by atoms with E-state index in [1.54, 1.807) is 24.3 Å². The van der Waals surface area contributed by atoms with Gasteiger partial charge < -0.3 is 15.5 Å². The molecule has 0 fully saturated rings. The van der Waals surface area contributed by atoms with E-state index in [0.717, 1.165) is 11.1 Å². The smallest absolute Gasteiger partial charge is 0.326 e. The van der Waals surface area contributed by atoms with E-state index in [1.165, 1.54) is 23.5 Å². The van der Waals surface area contributed by atoms with Gasteiger partial charge in [0.25, 0.3) is 0 Å². The van der Waals surface area contributed by atoms with Crippen molar-refractivity contribution in [2.75, 3.05) is 5.32 Å². The van der Waals surface area contributed by atoms with Crippen LogP contribution in [0.2, 0.25) is 0 Å². The molecule has 0 bridgehead atoms. The molecule has 136 valence electrons. The van der Waals surface area contributed by atoms with Crippen LogP contribution in [0.1, 0.15) is 24.0 Å². The lowest BCUT2D eigenvalue weighted by Gasteiger charge is -2.21. The summed E-state index contributed by atoms with van der Waals surface area (Å²) in [5, 5.41) is 33.3. The topological polar surface area (TPSA) is 106 Å². The van der Waals surface area contributed by atoms with E-state index >= 15 is 0 Å². The number of phenolic OH excluding ortho intramolecular Hbond substituents is 1. The van der Waals surface area contributed by atoms with Crippen molar-refractivity contribution in [3.63, 3.8) is 0 Å². The number of nitrogens with zero attached hydrogens (tertiary/aromatic N) is 2. The number of nitriles is 1. The van der Waals surface area contributed by atoms with Gasteiger partial charge in [-0.1, -0.05) is 31.2 Å². The first-order valence-electron chi connectivity index (χ1n) is 8.22. The zero-order chi connectivity index (χ0) is 19.4. The molecule has 7 heteroatoms. The minimum atomic E-state index is -0.981. The monoisotopic (exact) mass is 379 g/mol. The molecule has 0 saturated heterocycles. The lowest BCUT2D eigenvalue weighted by atomic mass is 9.93. The third-order valence-electron chi connectivity index (χ3n) is 4.28. The van der Waals surface area contributed by atoms with Gasteiger partial charge in [0.05, 0.1) is 17.3 Å². The van der Waals surface area contributed by atoms with Crippen molar-refractivity contribution in [3.8, 4) is 23.1 Å². The number of thiazole rings is 1. The average molecular weight is 379 g/mol. The first-order chi connectivity index (χ1) is 13.0. The summed E-state index contributed by atoms with van der Waals surface area (Å²) in [5.41, 5.74) is 2.95. The first kappa shape index (κ1) is 18.4. The van der Waals surface area contributed by atoms with Crippen LogP contribution in [0.5, 0.6) is 5.75 Å². The SMILES string of the molecule is CC(c1ccc(O)cc1)[C@H](Nc1nc(-c2ccc(C#N)cc2)cs1)C(=O)O. The van der Waals surface area contributed by atoms with Crippen molar-refractivity contribution >= 4 is 22.4 Å². The van der Waals surface area contributed by atoms with E-state index < -0.39 is 12.0 Å². The van der Waals surface area contributed by atoms with Crippen LogP contribution in [-0.4, -0.2) is 27.2 Å². The Balaban J connectivity index is 1.79. The second-order valence-corrected chi connectivity index (χ2v) is 6.93.